The van der Waals surface area contributed by atoms with Crippen molar-refractivity contribution in [2.75, 3.05) is 5.32 Å². The molecule has 3 N–H and O–H groups in total. The first-order chi connectivity index (χ1) is 10.0. The maximum absolute atomic E-state index is 12.1. The summed E-state index contributed by atoms with van der Waals surface area (Å²) >= 11 is 0. The molecule has 0 spiro atoms. The van der Waals surface area contributed by atoms with Crippen LogP contribution in [0.25, 0.3) is 0 Å². The molecule has 1 aromatic carbocycles. The van der Waals surface area contributed by atoms with Gasteiger partial charge in [0, 0.05) is 11.2 Å². The van der Waals surface area contributed by atoms with Gasteiger partial charge in [0.05, 0.1) is 5.41 Å². The Morgan fingerprint density at radius 3 is 2.05 bits per heavy atom. The second-order valence-electron chi connectivity index (χ2n) is 6.31. The number of anilines is 1. The summed E-state index contributed by atoms with van der Waals surface area (Å²) in [6, 6.07) is 9.12. The van der Waals surface area contributed by atoms with Gasteiger partial charge in [-0.15, -0.1) is 0 Å². The van der Waals surface area contributed by atoms with Crippen molar-refractivity contribution in [2.24, 2.45) is 5.41 Å². The maximum atomic E-state index is 12.1. The fourth-order valence-electron chi connectivity index (χ4n) is 3.62. The van der Waals surface area contributed by atoms with Gasteiger partial charge in [-0.3, -0.25) is 4.79 Å². The van der Waals surface area contributed by atoms with Gasteiger partial charge in [0.1, 0.15) is 0 Å². The number of fused-ring (bicyclic) bond motifs is 3. The molecule has 5 nitrogen and oxygen atoms in total. The zero-order valence-electron chi connectivity index (χ0n) is 11.9. The van der Waals surface area contributed by atoms with Crippen LogP contribution in [0.5, 0.6) is 0 Å². The molecule has 0 atom stereocenters. The first-order valence-corrected chi connectivity index (χ1v) is 7.41. The lowest BCUT2D eigenvalue weighted by atomic mass is 9.57. The Bertz CT molecular complexity index is 531. The number of urea groups is 1. The molecule has 0 radical (unpaired) electrons. The third kappa shape index (κ3) is 2.60. The molecule has 0 unspecified atom stereocenters. The van der Waals surface area contributed by atoms with E-state index in [1.54, 1.807) is 0 Å². The first kappa shape index (κ1) is 13.9. The monoisotopic (exact) mass is 288 g/mol. The number of hydrogen-bond donors (Lipinski definition) is 3. The molecule has 4 rings (SSSR count). The molecule has 0 saturated heterocycles. The molecule has 112 valence electrons. The molecule has 5 heteroatoms. The average molecular weight is 288 g/mol. The SMILES string of the molecule is O=C(Nc1ccccc1)NC12CCC(C(=O)O)(CC1)CC2. The van der Waals surface area contributed by atoms with Gasteiger partial charge in [0.15, 0.2) is 0 Å². The number of nitrogens with one attached hydrogen (secondary N) is 2. The minimum Gasteiger partial charge on any atom is -0.481 e. The lowest BCUT2D eigenvalue weighted by Gasteiger charge is -2.51. The summed E-state index contributed by atoms with van der Waals surface area (Å²) in [6.07, 6.45) is 4.24. The van der Waals surface area contributed by atoms with Crippen molar-refractivity contribution in [1.82, 2.24) is 5.32 Å². The fraction of sp³-hybridized carbons (Fsp3) is 0.500. The van der Waals surface area contributed by atoms with E-state index in [9.17, 15) is 14.7 Å². The van der Waals surface area contributed by atoms with Gasteiger partial charge in [-0.2, -0.15) is 0 Å². The van der Waals surface area contributed by atoms with E-state index >= 15 is 0 Å². The number of carboxylic acid groups (broad SMARTS) is 1. The molecular weight excluding hydrogens is 268 g/mol. The highest BCUT2D eigenvalue weighted by atomic mass is 16.4. The lowest BCUT2D eigenvalue weighted by molar-refractivity contribution is -0.156. The van der Waals surface area contributed by atoms with Crippen LogP contribution in [0.3, 0.4) is 0 Å². The number of para-hydroxylation sites is 1. The van der Waals surface area contributed by atoms with Crippen LogP contribution < -0.4 is 10.6 Å². The second kappa shape index (κ2) is 5.06. The Morgan fingerprint density at radius 1 is 0.952 bits per heavy atom. The van der Waals surface area contributed by atoms with Crippen LogP contribution in [-0.2, 0) is 4.79 Å². The van der Waals surface area contributed by atoms with E-state index in [1.165, 1.54) is 0 Å². The van der Waals surface area contributed by atoms with Gasteiger partial charge in [-0.25, -0.2) is 4.79 Å². The van der Waals surface area contributed by atoms with E-state index in [4.69, 9.17) is 0 Å². The standard InChI is InChI=1S/C16H20N2O3/c19-13(20)15-6-9-16(10-7-15,11-8-15)18-14(21)17-12-4-2-1-3-5-12/h1-5H,6-11H2,(H,19,20)(H2,17,18,21). The molecule has 1 aromatic rings. The van der Waals surface area contributed by atoms with Crippen molar-refractivity contribution in [2.45, 2.75) is 44.1 Å². The van der Waals surface area contributed by atoms with Crippen molar-refractivity contribution in [3.05, 3.63) is 30.3 Å². The van der Waals surface area contributed by atoms with Gasteiger partial charge in [-0.1, -0.05) is 18.2 Å². The fourth-order valence-corrected chi connectivity index (χ4v) is 3.62. The molecule has 0 heterocycles. The van der Waals surface area contributed by atoms with Crippen molar-refractivity contribution >= 4 is 17.7 Å². The molecule has 3 aliphatic rings. The summed E-state index contributed by atoms with van der Waals surface area (Å²) < 4.78 is 0. The predicted octanol–water partition coefficient (Wildman–Crippen LogP) is 2.99. The summed E-state index contributed by atoms with van der Waals surface area (Å²) in [5.74, 6) is -0.676. The summed E-state index contributed by atoms with van der Waals surface area (Å²) in [4.78, 5) is 23.5. The Hall–Kier alpha value is -2.04. The molecule has 3 aliphatic carbocycles. The summed E-state index contributed by atoms with van der Waals surface area (Å²) in [7, 11) is 0. The average Bonchev–Trinajstić information content (AvgIpc) is 2.49. The van der Waals surface area contributed by atoms with Crippen molar-refractivity contribution in [1.29, 1.82) is 0 Å². The number of carbonyl (C=O) groups is 2. The Balaban J connectivity index is 1.62. The zero-order chi connectivity index (χ0) is 14.9. The maximum Gasteiger partial charge on any atom is 0.319 e. The summed E-state index contributed by atoms with van der Waals surface area (Å²) in [5, 5.41) is 15.3. The highest BCUT2D eigenvalue weighted by Gasteiger charge is 2.53. The Labute approximate surface area is 123 Å². The van der Waals surface area contributed by atoms with Crippen molar-refractivity contribution in [3.63, 3.8) is 0 Å². The molecule has 0 aliphatic heterocycles. The number of rotatable bonds is 3. The first-order valence-electron chi connectivity index (χ1n) is 7.41. The van der Waals surface area contributed by atoms with E-state index in [0.29, 0.717) is 19.3 Å². The van der Waals surface area contributed by atoms with Crippen LogP contribution in [0.2, 0.25) is 0 Å². The largest absolute Gasteiger partial charge is 0.481 e. The van der Waals surface area contributed by atoms with Crippen molar-refractivity contribution < 1.29 is 14.7 Å². The topological polar surface area (TPSA) is 78.4 Å². The van der Waals surface area contributed by atoms with Crippen LogP contribution in [0.15, 0.2) is 30.3 Å². The van der Waals surface area contributed by atoms with Gasteiger partial charge >= 0.3 is 12.0 Å². The van der Waals surface area contributed by atoms with E-state index in [0.717, 1.165) is 24.9 Å². The summed E-state index contributed by atoms with van der Waals surface area (Å²) in [5.41, 5.74) is -0.00651. The smallest absolute Gasteiger partial charge is 0.319 e. The van der Waals surface area contributed by atoms with E-state index in [1.807, 2.05) is 30.3 Å². The molecule has 2 amide bonds. The normalized spacial score (nSPS) is 30.7. The third-order valence-corrected chi connectivity index (χ3v) is 5.11. The predicted molar refractivity (Wildman–Crippen MR) is 79.1 cm³/mol. The molecule has 3 fully saturated rings. The van der Waals surface area contributed by atoms with Crippen LogP contribution in [0.4, 0.5) is 10.5 Å². The van der Waals surface area contributed by atoms with Crippen molar-refractivity contribution in [3.8, 4) is 0 Å². The number of benzene rings is 1. The lowest BCUT2D eigenvalue weighted by Crippen LogP contribution is -2.59. The quantitative estimate of drug-likeness (QED) is 0.800. The van der Waals surface area contributed by atoms with Crippen LogP contribution in [-0.4, -0.2) is 22.6 Å². The number of carbonyl (C=O) groups excluding carboxylic acids is 1. The highest BCUT2D eigenvalue weighted by Crippen LogP contribution is 2.52. The molecule has 3 saturated carbocycles. The van der Waals surface area contributed by atoms with Crippen LogP contribution in [0.1, 0.15) is 38.5 Å². The van der Waals surface area contributed by atoms with Gasteiger partial charge in [-0.05, 0) is 50.7 Å². The summed E-state index contributed by atoms with van der Waals surface area (Å²) in [6.45, 7) is 0. The number of aliphatic carboxylic acids is 1. The van der Waals surface area contributed by atoms with Crippen LogP contribution in [0, 0.1) is 5.41 Å². The molecular formula is C16H20N2O3. The van der Waals surface area contributed by atoms with E-state index in [-0.39, 0.29) is 11.6 Å². The Kier molecular flexibility index (Phi) is 3.35. The highest BCUT2D eigenvalue weighted by molar-refractivity contribution is 5.89. The van der Waals surface area contributed by atoms with Gasteiger partial charge in [0.2, 0.25) is 0 Å². The van der Waals surface area contributed by atoms with Gasteiger partial charge in [0.25, 0.3) is 0 Å². The van der Waals surface area contributed by atoms with Crippen LogP contribution >= 0.6 is 0 Å². The zero-order valence-corrected chi connectivity index (χ0v) is 11.9. The Morgan fingerprint density at radius 2 is 1.52 bits per heavy atom. The molecule has 2 bridgehead atoms. The molecule has 0 aromatic heterocycles. The van der Waals surface area contributed by atoms with Gasteiger partial charge < -0.3 is 15.7 Å². The molecule has 21 heavy (non-hydrogen) atoms. The number of carboxylic acids is 1. The minimum atomic E-state index is -0.676. The van der Waals surface area contributed by atoms with E-state index < -0.39 is 11.4 Å². The number of amides is 2. The number of hydrogen-bond acceptors (Lipinski definition) is 2. The second-order valence-corrected chi connectivity index (χ2v) is 6.31. The van der Waals surface area contributed by atoms with E-state index in [2.05, 4.69) is 10.6 Å². The minimum absolute atomic E-state index is 0.203. The third-order valence-electron chi connectivity index (χ3n) is 5.11.